The van der Waals surface area contributed by atoms with Crippen molar-refractivity contribution in [3.05, 3.63) is 20.8 Å². The van der Waals surface area contributed by atoms with Gasteiger partial charge in [0, 0.05) is 15.2 Å². The van der Waals surface area contributed by atoms with Gasteiger partial charge in [-0.1, -0.05) is 22.9 Å². The number of hydrogen-bond acceptors (Lipinski definition) is 1. The van der Waals surface area contributed by atoms with Gasteiger partial charge in [0.2, 0.25) is 0 Å². The van der Waals surface area contributed by atoms with Crippen LogP contribution in [0.3, 0.4) is 0 Å². The molecule has 62 valence electrons. The van der Waals surface area contributed by atoms with Crippen LogP contribution < -0.4 is 0 Å². The summed E-state index contributed by atoms with van der Waals surface area (Å²) < 4.78 is 1.26. The van der Waals surface area contributed by atoms with Crippen molar-refractivity contribution < 1.29 is 0 Å². The molecule has 0 saturated carbocycles. The van der Waals surface area contributed by atoms with Gasteiger partial charge in [0.1, 0.15) is 0 Å². The predicted octanol–water partition coefficient (Wildman–Crippen LogP) is 4.08. The smallest absolute Gasteiger partial charge is 0.0314 e. The van der Waals surface area contributed by atoms with Crippen LogP contribution in [0.15, 0.2) is 15.2 Å². The van der Waals surface area contributed by atoms with Crippen molar-refractivity contribution in [1.29, 1.82) is 0 Å². The quantitative estimate of drug-likeness (QED) is 0.737. The highest BCUT2D eigenvalue weighted by molar-refractivity contribution is 9.10. The normalized spacial score (nSPS) is 13.4. The third-order valence-corrected chi connectivity index (χ3v) is 4.46. The second-order valence-electron chi connectivity index (χ2n) is 2.71. The van der Waals surface area contributed by atoms with Gasteiger partial charge in [0.05, 0.1) is 0 Å². The summed E-state index contributed by atoms with van der Waals surface area (Å²) in [6.07, 6.45) is 1.16. The molecule has 0 amide bonds. The number of alkyl halides is 1. The Morgan fingerprint density at radius 2 is 2.27 bits per heavy atom. The van der Waals surface area contributed by atoms with Gasteiger partial charge in [-0.3, -0.25) is 0 Å². The maximum Gasteiger partial charge on any atom is 0.0314 e. The van der Waals surface area contributed by atoms with Crippen molar-refractivity contribution in [1.82, 2.24) is 0 Å². The number of halogens is 2. The second kappa shape index (κ2) is 4.63. The molecule has 0 N–H and O–H groups in total. The molecule has 3 heteroatoms. The first-order valence-electron chi connectivity index (χ1n) is 3.50. The van der Waals surface area contributed by atoms with Gasteiger partial charge in [-0.2, -0.15) is 11.3 Å². The molecular formula is C8H10Br2S. The maximum atomic E-state index is 3.52. The minimum atomic E-state index is 0.723. The predicted molar refractivity (Wildman–Crippen MR) is 58.7 cm³/mol. The van der Waals surface area contributed by atoms with Crippen LogP contribution in [-0.2, 0) is 6.42 Å². The molecule has 0 nitrogen and oxygen atoms in total. The molecule has 0 aliphatic carbocycles. The fraction of sp³-hybridized carbons (Fsp3) is 0.500. The van der Waals surface area contributed by atoms with Crippen LogP contribution in [0.25, 0.3) is 0 Å². The highest BCUT2D eigenvalue weighted by Gasteiger charge is 2.05. The fourth-order valence-electron chi connectivity index (χ4n) is 0.883. The van der Waals surface area contributed by atoms with Crippen molar-refractivity contribution in [2.75, 3.05) is 5.33 Å². The molecule has 0 radical (unpaired) electrons. The molecule has 1 aromatic heterocycles. The highest BCUT2D eigenvalue weighted by atomic mass is 79.9. The van der Waals surface area contributed by atoms with Crippen LogP contribution in [-0.4, -0.2) is 5.33 Å². The molecule has 0 aromatic carbocycles. The SMILES string of the molecule is CC(CBr)Cc1cscc1Br. The first kappa shape index (κ1) is 9.75. The Hall–Kier alpha value is 0.660. The number of rotatable bonds is 3. The van der Waals surface area contributed by atoms with Crippen molar-refractivity contribution in [2.45, 2.75) is 13.3 Å². The van der Waals surface area contributed by atoms with E-state index in [0.29, 0.717) is 0 Å². The van der Waals surface area contributed by atoms with E-state index in [0.717, 1.165) is 17.7 Å². The summed E-state index contributed by atoms with van der Waals surface area (Å²) in [5.41, 5.74) is 1.43. The van der Waals surface area contributed by atoms with Crippen molar-refractivity contribution in [3.8, 4) is 0 Å². The minimum absolute atomic E-state index is 0.723. The zero-order chi connectivity index (χ0) is 8.27. The van der Waals surface area contributed by atoms with E-state index in [4.69, 9.17) is 0 Å². The van der Waals surface area contributed by atoms with E-state index >= 15 is 0 Å². The summed E-state index contributed by atoms with van der Waals surface area (Å²) in [7, 11) is 0. The molecule has 0 bridgehead atoms. The summed E-state index contributed by atoms with van der Waals surface area (Å²) in [4.78, 5) is 0. The fourth-order valence-corrected chi connectivity index (χ4v) is 2.59. The standard InChI is InChI=1S/C8H10Br2S/c1-6(3-9)2-7-4-11-5-8(7)10/h4-6H,2-3H2,1H3. The van der Waals surface area contributed by atoms with Gasteiger partial charge in [-0.25, -0.2) is 0 Å². The zero-order valence-electron chi connectivity index (χ0n) is 6.31. The van der Waals surface area contributed by atoms with Crippen LogP contribution in [0, 0.1) is 5.92 Å². The molecule has 0 saturated heterocycles. The first-order chi connectivity index (χ1) is 5.24. The average molecular weight is 298 g/mol. The lowest BCUT2D eigenvalue weighted by Crippen LogP contribution is -1.99. The van der Waals surface area contributed by atoms with Gasteiger partial charge in [-0.05, 0) is 39.2 Å². The Kier molecular flexibility index (Phi) is 4.10. The molecule has 1 heterocycles. The summed E-state index contributed by atoms with van der Waals surface area (Å²) >= 11 is 8.75. The van der Waals surface area contributed by atoms with Gasteiger partial charge < -0.3 is 0 Å². The second-order valence-corrected chi connectivity index (χ2v) is 4.95. The minimum Gasteiger partial charge on any atom is -0.151 e. The molecular weight excluding hydrogens is 288 g/mol. The summed E-state index contributed by atoms with van der Waals surface area (Å²) in [6.45, 7) is 2.25. The van der Waals surface area contributed by atoms with E-state index < -0.39 is 0 Å². The number of hydrogen-bond donors (Lipinski definition) is 0. The Balaban J connectivity index is 2.56. The Morgan fingerprint density at radius 1 is 1.55 bits per heavy atom. The van der Waals surface area contributed by atoms with E-state index in [2.05, 4.69) is 49.5 Å². The van der Waals surface area contributed by atoms with Crippen molar-refractivity contribution in [3.63, 3.8) is 0 Å². The van der Waals surface area contributed by atoms with E-state index in [1.807, 2.05) is 0 Å². The topological polar surface area (TPSA) is 0 Å². The molecule has 1 unspecified atom stereocenters. The lowest BCUT2D eigenvalue weighted by molar-refractivity contribution is 0.663. The molecule has 1 rings (SSSR count). The lowest BCUT2D eigenvalue weighted by Gasteiger charge is -2.05. The molecule has 0 aliphatic heterocycles. The average Bonchev–Trinajstić information content (AvgIpc) is 2.37. The monoisotopic (exact) mass is 296 g/mol. The Bertz CT molecular complexity index is 220. The van der Waals surface area contributed by atoms with Crippen LogP contribution >= 0.6 is 43.2 Å². The Labute approximate surface area is 88.3 Å². The van der Waals surface area contributed by atoms with Gasteiger partial charge >= 0.3 is 0 Å². The molecule has 0 spiro atoms. The van der Waals surface area contributed by atoms with Crippen molar-refractivity contribution in [2.24, 2.45) is 5.92 Å². The van der Waals surface area contributed by atoms with Crippen molar-refractivity contribution >= 4 is 43.2 Å². The maximum absolute atomic E-state index is 3.52. The summed E-state index contributed by atoms with van der Waals surface area (Å²) in [6, 6.07) is 0. The van der Waals surface area contributed by atoms with Crippen LogP contribution in [0.5, 0.6) is 0 Å². The lowest BCUT2D eigenvalue weighted by atomic mass is 10.1. The first-order valence-corrected chi connectivity index (χ1v) is 6.36. The summed E-state index contributed by atoms with van der Waals surface area (Å²) in [5, 5.41) is 5.43. The molecule has 1 atom stereocenters. The molecule has 1 aromatic rings. The highest BCUT2D eigenvalue weighted by Crippen LogP contribution is 2.24. The third kappa shape index (κ3) is 2.88. The zero-order valence-corrected chi connectivity index (χ0v) is 10.3. The molecule has 0 aliphatic rings. The van der Waals surface area contributed by atoms with Gasteiger partial charge in [0.25, 0.3) is 0 Å². The molecule has 0 fully saturated rings. The van der Waals surface area contributed by atoms with Crippen LogP contribution in [0.4, 0.5) is 0 Å². The van der Waals surface area contributed by atoms with E-state index in [1.54, 1.807) is 11.3 Å². The van der Waals surface area contributed by atoms with E-state index in [-0.39, 0.29) is 0 Å². The Morgan fingerprint density at radius 3 is 2.73 bits per heavy atom. The summed E-state index contributed by atoms with van der Waals surface area (Å²) in [5.74, 6) is 0.723. The van der Waals surface area contributed by atoms with Gasteiger partial charge in [0.15, 0.2) is 0 Å². The van der Waals surface area contributed by atoms with Crippen LogP contribution in [0.1, 0.15) is 12.5 Å². The third-order valence-electron chi connectivity index (χ3n) is 1.52. The number of thiophene rings is 1. The van der Waals surface area contributed by atoms with Gasteiger partial charge in [-0.15, -0.1) is 0 Å². The van der Waals surface area contributed by atoms with Crippen LogP contribution in [0.2, 0.25) is 0 Å². The molecule has 11 heavy (non-hydrogen) atoms. The van der Waals surface area contributed by atoms with E-state index in [1.165, 1.54) is 10.0 Å². The largest absolute Gasteiger partial charge is 0.151 e. The van der Waals surface area contributed by atoms with E-state index in [9.17, 15) is 0 Å².